The fraction of sp³-hybridized carbons (Fsp3) is 0.500. The van der Waals surface area contributed by atoms with Crippen molar-refractivity contribution in [2.45, 2.75) is 18.6 Å². The van der Waals surface area contributed by atoms with Crippen LogP contribution >= 0.6 is 0 Å². The van der Waals surface area contributed by atoms with E-state index >= 15 is 0 Å². The van der Waals surface area contributed by atoms with E-state index in [1.807, 2.05) is 29.2 Å². The summed E-state index contributed by atoms with van der Waals surface area (Å²) in [6.45, 7) is 1.77. The highest BCUT2D eigenvalue weighted by atomic mass is 16.5. The van der Waals surface area contributed by atoms with Crippen molar-refractivity contribution in [1.29, 1.82) is 0 Å². The van der Waals surface area contributed by atoms with E-state index in [4.69, 9.17) is 4.74 Å². The van der Waals surface area contributed by atoms with Gasteiger partial charge in [-0.2, -0.15) is 0 Å². The van der Waals surface area contributed by atoms with Gasteiger partial charge in [0.15, 0.2) is 0 Å². The third-order valence-electron chi connectivity index (χ3n) is 3.39. The van der Waals surface area contributed by atoms with E-state index in [9.17, 15) is 15.0 Å². The number of rotatable bonds is 5. The molecule has 19 heavy (non-hydrogen) atoms. The molecule has 0 saturated carbocycles. The van der Waals surface area contributed by atoms with Crippen molar-refractivity contribution in [1.82, 2.24) is 4.90 Å². The number of aliphatic hydroxyl groups excluding tert-OH is 1. The molecule has 0 saturated heterocycles. The fourth-order valence-corrected chi connectivity index (χ4v) is 2.57. The van der Waals surface area contributed by atoms with Crippen LogP contribution in [0, 0.1) is 0 Å². The standard InChI is InChI=1S/C14H19NO4/c1-19-9-11(16)7-15-6-10-4-2-3-5-12(10)13(8-15)14(17)18/h2-5,11,13,16H,6-9H2,1H3,(H,17,18). The van der Waals surface area contributed by atoms with E-state index in [2.05, 4.69) is 0 Å². The number of β-amino-alcohol motifs (C(OH)–C–C–N with tert-alkyl or cyclic N) is 1. The lowest BCUT2D eigenvalue weighted by atomic mass is 9.89. The topological polar surface area (TPSA) is 70.0 Å². The summed E-state index contributed by atoms with van der Waals surface area (Å²) in [5.41, 5.74) is 1.90. The number of carboxylic acids is 1. The van der Waals surface area contributed by atoms with E-state index < -0.39 is 18.0 Å². The van der Waals surface area contributed by atoms with Crippen LogP contribution in [0.3, 0.4) is 0 Å². The van der Waals surface area contributed by atoms with Crippen molar-refractivity contribution in [3.63, 3.8) is 0 Å². The minimum Gasteiger partial charge on any atom is -0.481 e. The molecule has 1 aromatic carbocycles. The molecule has 2 N–H and O–H groups in total. The molecule has 2 unspecified atom stereocenters. The smallest absolute Gasteiger partial charge is 0.312 e. The van der Waals surface area contributed by atoms with Gasteiger partial charge >= 0.3 is 5.97 Å². The molecule has 1 heterocycles. The third kappa shape index (κ3) is 3.32. The van der Waals surface area contributed by atoms with E-state index in [0.29, 0.717) is 19.6 Å². The minimum absolute atomic E-state index is 0.260. The predicted octanol–water partition coefficient (Wildman–Crippen LogP) is 0.678. The van der Waals surface area contributed by atoms with Gasteiger partial charge in [0.2, 0.25) is 0 Å². The van der Waals surface area contributed by atoms with Crippen LogP contribution in [0.25, 0.3) is 0 Å². The van der Waals surface area contributed by atoms with Crippen LogP contribution in [0.4, 0.5) is 0 Å². The Kier molecular flexibility index (Phi) is 4.52. The van der Waals surface area contributed by atoms with Gasteiger partial charge in [-0.1, -0.05) is 24.3 Å². The predicted molar refractivity (Wildman–Crippen MR) is 70.0 cm³/mol. The summed E-state index contributed by atoms with van der Waals surface area (Å²) >= 11 is 0. The molecule has 2 atom stereocenters. The zero-order valence-corrected chi connectivity index (χ0v) is 11.0. The maximum Gasteiger partial charge on any atom is 0.312 e. The van der Waals surface area contributed by atoms with Crippen LogP contribution in [0.2, 0.25) is 0 Å². The summed E-state index contributed by atoms with van der Waals surface area (Å²) in [4.78, 5) is 13.3. The van der Waals surface area contributed by atoms with Gasteiger partial charge in [0.1, 0.15) is 0 Å². The number of hydrogen-bond acceptors (Lipinski definition) is 4. The lowest BCUT2D eigenvalue weighted by molar-refractivity contribution is -0.139. The number of hydrogen-bond donors (Lipinski definition) is 2. The van der Waals surface area contributed by atoms with E-state index in [1.54, 1.807) is 0 Å². The molecular formula is C14H19NO4. The Balaban J connectivity index is 2.13. The average Bonchev–Trinajstić information content (AvgIpc) is 2.37. The van der Waals surface area contributed by atoms with Crippen LogP contribution in [-0.2, 0) is 16.1 Å². The minimum atomic E-state index is -0.821. The highest BCUT2D eigenvalue weighted by Crippen LogP contribution is 2.28. The Morgan fingerprint density at radius 2 is 2.26 bits per heavy atom. The molecule has 5 nitrogen and oxygen atoms in total. The second-order valence-electron chi connectivity index (χ2n) is 4.89. The molecule has 1 aromatic rings. The van der Waals surface area contributed by atoms with Crippen molar-refractivity contribution in [2.75, 3.05) is 26.8 Å². The van der Waals surface area contributed by atoms with Gasteiger partial charge in [0.25, 0.3) is 0 Å². The first-order valence-corrected chi connectivity index (χ1v) is 6.31. The molecule has 0 bridgehead atoms. The molecule has 5 heteroatoms. The van der Waals surface area contributed by atoms with E-state index in [-0.39, 0.29) is 6.61 Å². The van der Waals surface area contributed by atoms with Gasteiger partial charge in [0.05, 0.1) is 18.6 Å². The van der Waals surface area contributed by atoms with Crippen molar-refractivity contribution in [3.8, 4) is 0 Å². The number of nitrogens with zero attached hydrogens (tertiary/aromatic N) is 1. The van der Waals surface area contributed by atoms with Gasteiger partial charge in [-0.25, -0.2) is 0 Å². The highest BCUT2D eigenvalue weighted by molar-refractivity contribution is 5.77. The number of aliphatic hydroxyl groups is 1. The third-order valence-corrected chi connectivity index (χ3v) is 3.39. The van der Waals surface area contributed by atoms with E-state index in [0.717, 1.165) is 11.1 Å². The van der Waals surface area contributed by atoms with Gasteiger partial charge in [-0.15, -0.1) is 0 Å². The Bertz CT molecular complexity index is 449. The number of carboxylic acid groups (broad SMARTS) is 1. The first kappa shape index (κ1) is 14.0. The number of carbonyl (C=O) groups is 1. The first-order chi connectivity index (χ1) is 9.11. The molecule has 1 aliphatic heterocycles. The molecule has 0 amide bonds. The van der Waals surface area contributed by atoms with Gasteiger partial charge in [-0.05, 0) is 11.1 Å². The highest BCUT2D eigenvalue weighted by Gasteiger charge is 2.30. The number of ether oxygens (including phenoxy) is 1. The largest absolute Gasteiger partial charge is 0.481 e. The number of aliphatic carboxylic acids is 1. The molecular weight excluding hydrogens is 246 g/mol. The van der Waals surface area contributed by atoms with Crippen LogP contribution in [0.15, 0.2) is 24.3 Å². The normalized spacial score (nSPS) is 20.8. The SMILES string of the molecule is COCC(O)CN1Cc2ccccc2C(C(=O)O)C1. The van der Waals surface area contributed by atoms with Gasteiger partial charge in [-0.3, -0.25) is 9.69 Å². The molecule has 0 aliphatic carbocycles. The maximum absolute atomic E-state index is 11.4. The number of methoxy groups -OCH3 is 1. The molecule has 0 spiro atoms. The Labute approximate surface area is 112 Å². The quantitative estimate of drug-likeness (QED) is 0.819. The second-order valence-corrected chi connectivity index (χ2v) is 4.89. The summed E-state index contributed by atoms with van der Waals surface area (Å²) < 4.78 is 4.90. The molecule has 0 fully saturated rings. The Hall–Kier alpha value is -1.43. The zero-order chi connectivity index (χ0) is 13.8. The van der Waals surface area contributed by atoms with Crippen molar-refractivity contribution in [3.05, 3.63) is 35.4 Å². The molecule has 0 radical (unpaired) electrons. The van der Waals surface area contributed by atoms with Crippen molar-refractivity contribution in [2.24, 2.45) is 0 Å². The zero-order valence-electron chi connectivity index (χ0n) is 11.0. The number of benzene rings is 1. The molecule has 0 aromatic heterocycles. The summed E-state index contributed by atoms with van der Waals surface area (Å²) in [5.74, 6) is -1.35. The van der Waals surface area contributed by atoms with E-state index in [1.165, 1.54) is 7.11 Å². The molecule has 2 rings (SSSR count). The fourth-order valence-electron chi connectivity index (χ4n) is 2.57. The number of fused-ring (bicyclic) bond motifs is 1. The average molecular weight is 265 g/mol. The summed E-state index contributed by atoms with van der Waals surface area (Å²) in [7, 11) is 1.54. The Morgan fingerprint density at radius 3 is 2.95 bits per heavy atom. The molecule has 104 valence electrons. The van der Waals surface area contributed by atoms with Gasteiger partial charge in [0, 0.05) is 26.7 Å². The maximum atomic E-state index is 11.4. The van der Waals surface area contributed by atoms with Crippen LogP contribution in [-0.4, -0.2) is 54.0 Å². The summed E-state index contributed by atoms with van der Waals surface area (Å²) in [6.07, 6.45) is -0.593. The Morgan fingerprint density at radius 1 is 1.53 bits per heavy atom. The van der Waals surface area contributed by atoms with Crippen molar-refractivity contribution >= 4 is 5.97 Å². The lowest BCUT2D eigenvalue weighted by Crippen LogP contribution is -2.41. The summed E-state index contributed by atoms with van der Waals surface area (Å²) in [5, 5.41) is 19.1. The van der Waals surface area contributed by atoms with Crippen LogP contribution in [0.1, 0.15) is 17.0 Å². The monoisotopic (exact) mass is 265 g/mol. The lowest BCUT2D eigenvalue weighted by Gasteiger charge is -2.33. The summed E-state index contributed by atoms with van der Waals surface area (Å²) in [6, 6.07) is 7.59. The van der Waals surface area contributed by atoms with Crippen LogP contribution < -0.4 is 0 Å². The van der Waals surface area contributed by atoms with Gasteiger partial charge < -0.3 is 14.9 Å². The van der Waals surface area contributed by atoms with Crippen molar-refractivity contribution < 1.29 is 19.7 Å². The first-order valence-electron chi connectivity index (χ1n) is 6.31. The van der Waals surface area contributed by atoms with Crippen LogP contribution in [0.5, 0.6) is 0 Å². The second kappa shape index (κ2) is 6.14. The molecule has 1 aliphatic rings.